The highest BCUT2D eigenvalue weighted by molar-refractivity contribution is 6.06. The van der Waals surface area contributed by atoms with Crippen LogP contribution in [0.2, 0.25) is 0 Å². The molecule has 0 aliphatic rings. The third kappa shape index (κ3) is 4.59. The van der Waals surface area contributed by atoms with Crippen LogP contribution in [0.1, 0.15) is 24.2 Å². The van der Waals surface area contributed by atoms with Gasteiger partial charge in [0.1, 0.15) is 0 Å². The summed E-state index contributed by atoms with van der Waals surface area (Å²) in [5, 5.41) is 5.84. The Hall–Kier alpha value is -4.46. The normalized spacial score (nSPS) is 10.9. The van der Waals surface area contributed by atoms with E-state index in [1.165, 1.54) is 18.2 Å². The molecule has 4 rings (SSSR count). The minimum Gasteiger partial charge on any atom is -0.326 e. The lowest BCUT2D eigenvalue weighted by Crippen LogP contribution is -2.33. The van der Waals surface area contributed by atoms with E-state index in [4.69, 9.17) is 0 Å². The molecular formula is C25H22N4O4. The zero-order valence-electron chi connectivity index (χ0n) is 18.1. The molecule has 0 saturated carbocycles. The smallest absolute Gasteiger partial charge is 0.326 e. The number of amides is 2. The number of carbonyl (C=O) groups excluding carboxylic acids is 2. The number of aromatic amines is 1. The molecule has 3 aromatic carbocycles. The van der Waals surface area contributed by atoms with Crippen LogP contribution in [0.4, 0.5) is 11.4 Å². The summed E-state index contributed by atoms with van der Waals surface area (Å²) in [5.41, 5.74) is 1.13. The van der Waals surface area contributed by atoms with Crippen molar-refractivity contribution in [1.29, 1.82) is 0 Å². The summed E-state index contributed by atoms with van der Waals surface area (Å²) < 4.78 is 1.06. The van der Waals surface area contributed by atoms with Gasteiger partial charge < -0.3 is 15.6 Å². The Kier molecular flexibility index (Phi) is 5.91. The molecule has 0 atom stereocenters. The monoisotopic (exact) mass is 442 g/mol. The highest BCUT2D eigenvalue weighted by Crippen LogP contribution is 2.17. The van der Waals surface area contributed by atoms with E-state index in [0.717, 1.165) is 4.57 Å². The van der Waals surface area contributed by atoms with E-state index in [9.17, 15) is 19.2 Å². The molecule has 0 aliphatic carbocycles. The lowest BCUT2D eigenvalue weighted by atomic mass is 10.1. The number of nitrogens with one attached hydrogen (secondary N) is 3. The minimum absolute atomic E-state index is 0.0942. The Morgan fingerprint density at radius 3 is 2.12 bits per heavy atom. The Balaban J connectivity index is 1.58. The summed E-state index contributed by atoms with van der Waals surface area (Å²) >= 11 is 0. The Morgan fingerprint density at radius 1 is 0.848 bits per heavy atom. The summed E-state index contributed by atoms with van der Waals surface area (Å²) in [5.74, 6) is -0.632. The molecule has 0 saturated heterocycles. The van der Waals surface area contributed by atoms with Crippen molar-refractivity contribution in [1.82, 2.24) is 9.55 Å². The maximum Gasteiger partial charge on any atom is 0.333 e. The Labute approximate surface area is 188 Å². The van der Waals surface area contributed by atoms with Crippen LogP contribution >= 0.6 is 0 Å². The van der Waals surface area contributed by atoms with Gasteiger partial charge in [-0.1, -0.05) is 32.0 Å². The maximum atomic E-state index is 12.9. The van der Waals surface area contributed by atoms with E-state index >= 15 is 0 Å². The number of nitrogens with zero attached hydrogens (tertiary/aromatic N) is 1. The number of anilines is 2. The van der Waals surface area contributed by atoms with Crippen LogP contribution in [-0.2, 0) is 4.79 Å². The van der Waals surface area contributed by atoms with Gasteiger partial charge in [-0.25, -0.2) is 9.36 Å². The molecule has 0 unspecified atom stereocenters. The third-order valence-electron chi connectivity index (χ3n) is 5.11. The van der Waals surface area contributed by atoms with Gasteiger partial charge in [0.05, 0.1) is 16.6 Å². The quantitative estimate of drug-likeness (QED) is 0.439. The average molecular weight is 442 g/mol. The molecule has 8 heteroatoms. The summed E-state index contributed by atoms with van der Waals surface area (Å²) in [6.07, 6.45) is 0. The predicted octanol–water partition coefficient (Wildman–Crippen LogP) is 3.53. The molecule has 3 N–H and O–H groups in total. The van der Waals surface area contributed by atoms with Crippen LogP contribution in [0, 0.1) is 5.92 Å². The second-order valence-electron chi connectivity index (χ2n) is 7.84. The van der Waals surface area contributed by atoms with E-state index in [1.54, 1.807) is 68.4 Å². The van der Waals surface area contributed by atoms with Gasteiger partial charge in [-0.2, -0.15) is 0 Å². The van der Waals surface area contributed by atoms with Gasteiger partial charge in [-0.15, -0.1) is 0 Å². The van der Waals surface area contributed by atoms with E-state index in [1.807, 2.05) is 0 Å². The van der Waals surface area contributed by atoms with Gasteiger partial charge in [-0.05, 0) is 54.6 Å². The first-order chi connectivity index (χ1) is 15.8. The summed E-state index contributed by atoms with van der Waals surface area (Å²) in [6, 6.07) is 19.9. The molecule has 4 aromatic rings. The first-order valence-electron chi connectivity index (χ1n) is 10.4. The fourth-order valence-electron chi connectivity index (χ4n) is 3.30. The first-order valence-corrected chi connectivity index (χ1v) is 10.4. The number of carbonyl (C=O) groups is 2. The van der Waals surface area contributed by atoms with Gasteiger partial charge in [0.25, 0.3) is 11.5 Å². The molecule has 0 bridgehead atoms. The summed E-state index contributed by atoms with van der Waals surface area (Å²) in [6.45, 7) is 3.61. The fourth-order valence-corrected chi connectivity index (χ4v) is 3.30. The number of fused-ring (bicyclic) bond motifs is 1. The van der Waals surface area contributed by atoms with Gasteiger partial charge in [0.15, 0.2) is 0 Å². The van der Waals surface area contributed by atoms with Crippen molar-refractivity contribution < 1.29 is 9.59 Å². The molecule has 166 valence electrons. The molecule has 1 aromatic heterocycles. The highest BCUT2D eigenvalue weighted by Gasteiger charge is 2.13. The van der Waals surface area contributed by atoms with Crippen molar-refractivity contribution >= 4 is 34.1 Å². The number of para-hydroxylation sites is 1. The first kappa shape index (κ1) is 21.8. The standard InChI is InChI=1S/C25H22N4O4/c1-15(2)22(30)26-17-9-11-18(12-10-17)27-23(31)16-8-13-20-21(14-16)28-25(33)29(24(20)32)19-6-4-3-5-7-19/h3-15H,1-2H3,(H,26,30)(H,27,31)(H,28,33). The lowest BCUT2D eigenvalue weighted by molar-refractivity contribution is -0.118. The van der Waals surface area contributed by atoms with Gasteiger partial charge >= 0.3 is 5.69 Å². The van der Waals surface area contributed by atoms with E-state index < -0.39 is 17.2 Å². The molecule has 1 heterocycles. The van der Waals surface area contributed by atoms with Crippen LogP contribution in [0.3, 0.4) is 0 Å². The Bertz CT molecular complexity index is 1450. The number of hydrogen-bond donors (Lipinski definition) is 3. The van der Waals surface area contributed by atoms with Crippen LogP contribution in [0.15, 0.2) is 82.4 Å². The molecule has 0 aliphatic heterocycles. The van der Waals surface area contributed by atoms with Gasteiger partial charge in [0.2, 0.25) is 5.91 Å². The number of hydrogen-bond acceptors (Lipinski definition) is 4. The van der Waals surface area contributed by atoms with Gasteiger partial charge in [0, 0.05) is 22.9 Å². The van der Waals surface area contributed by atoms with Crippen molar-refractivity contribution in [3.63, 3.8) is 0 Å². The minimum atomic E-state index is -0.588. The van der Waals surface area contributed by atoms with E-state index in [0.29, 0.717) is 22.4 Å². The van der Waals surface area contributed by atoms with Crippen molar-refractivity contribution in [3.05, 3.63) is 99.2 Å². The van der Waals surface area contributed by atoms with E-state index in [2.05, 4.69) is 15.6 Å². The van der Waals surface area contributed by atoms with Crippen molar-refractivity contribution in [3.8, 4) is 5.69 Å². The maximum absolute atomic E-state index is 12.9. The topological polar surface area (TPSA) is 113 Å². The van der Waals surface area contributed by atoms with Crippen LogP contribution in [0.25, 0.3) is 16.6 Å². The number of benzene rings is 3. The number of rotatable bonds is 5. The molecule has 0 spiro atoms. The van der Waals surface area contributed by atoms with Crippen molar-refractivity contribution in [2.45, 2.75) is 13.8 Å². The van der Waals surface area contributed by atoms with Crippen LogP contribution in [-0.4, -0.2) is 21.4 Å². The van der Waals surface area contributed by atoms with Crippen LogP contribution in [0.5, 0.6) is 0 Å². The second-order valence-corrected chi connectivity index (χ2v) is 7.84. The van der Waals surface area contributed by atoms with Crippen molar-refractivity contribution in [2.75, 3.05) is 10.6 Å². The Morgan fingerprint density at radius 2 is 1.48 bits per heavy atom. The molecular weight excluding hydrogens is 420 g/mol. The van der Waals surface area contributed by atoms with Gasteiger partial charge in [-0.3, -0.25) is 14.4 Å². The molecule has 0 radical (unpaired) electrons. The lowest BCUT2D eigenvalue weighted by Gasteiger charge is -2.10. The van der Waals surface area contributed by atoms with Crippen molar-refractivity contribution in [2.24, 2.45) is 5.92 Å². The third-order valence-corrected chi connectivity index (χ3v) is 5.11. The molecule has 2 amide bonds. The fraction of sp³-hybridized carbons (Fsp3) is 0.120. The number of H-pyrrole nitrogens is 1. The highest BCUT2D eigenvalue weighted by atomic mass is 16.2. The van der Waals surface area contributed by atoms with Crippen LogP contribution < -0.4 is 21.9 Å². The zero-order valence-corrected chi connectivity index (χ0v) is 18.1. The summed E-state index contributed by atoms with van der Waals surface area (Å²) in [4.78, 5) is 52.6. The molecule has 8 nitrogen and oxygen atoms in total. The number of aromatic nitrogens is 2. The largest absolute Gasteiger partial charge is 0.333 e. The summed E-state index contributed by atoms with van der Waals surface area (Å²) in [7, 11) is 0. The molecule has 0 fully saturated rings. The predicted molar refractivity (Wildman–Crippen MR) is 128 cm³/mol. The SMILES string of the molecule is CC(C)C(=O)Nc1ccc(NC(=O)c2ccc3c(=O)n(-c4ccccc4)c(=O)[nH]c3c2)cc1. The molecule has 33 heavy (non-hydrogen) atoms. The average Bonchev–Trinajstić information content (AvgIpc) is 2.80. The van der Waals surface area contributed by atoms with E-state index in [-0.39, 0.29) is 22.9 Å². The zero-order chi connectivity index (χ0) is 23.5. The second kappa shape index (κ2) is 8.96.